The summed E-state index contributed by atoms with van der Waals surface area (Å²) in [6.07, 6.45) is 0. The minimum Gasteiger partial charge on any atom is -0.349 e. The van der Waals surface area contributed by atoms with Crippen molar-refractivity contribution < 1.29 is 4.79 Å². The van der Waals surface area contributed by atoms with Gasteiger partial charge in [0, 0.05) is 5.75 Å². The Labute approximate surface area is 143 Å². The lowest BCUT2D eigenvalue weighted by atomic mass is 10.0. The second kappa shape index (κ2) is 8.21. The van der Waals surface area contributed by atoms with Crippen LogP contribution in [0.2, 0.25) is 0 Å². The Bertz CT molecular complexity index is 681. The molecule has 1 amide bonds. The van der Waals surface area contributed by atoms with E-state index in [9.17, 15) is 4.79 Å². The Hall–Kier alpha value is -1.74. The second-order valence-electron chi connectivity index (χ2n) is 6.13. The molecule has 2 aromatic rings. The van der Waals surface area contributed by atoms with Gasteiger partial charge in [-0.2, -0.15) is 0 Å². The van der Waals surface area contributed by atoms with Gasteiger partial charge >= 0.3 is 0 Å². The molecular formula is C20H25NOS. The highest BCUT2D eigenvalue weighted by Gasteiger charge is 2.11. The van der Waals surface area contributed by atoms with E-state index in [0.717, 1.165) is 5.75 Å². The van der Waals surface area contributed by atoms with Crippen molar-refractivity contribution in [1.29, 1.82) is 0 Å². The standard InChI is InChI=1S/C20H25NOS/c1-14-6-5-7-18(11-14)12-23-13-20(22)21-17(4)19-9-8-15(2)10-16(19)3/h5-11,17H,12-13H2,1-4H3,(H,21,22)/t17-/m0/s1. The molecule has 0 heterocycles. The Morgan fingerprint density at radius 1 is 1.09 bits per heavy atom. The lowest BCUT2D eigenvalue weighted by Crippen LogP contribution is -2.28. The van der Waals surface area contributed by atoms with Gasteiger partial charge in [-0.05, 0) is 44.4 Å². The molecule has 23 heavy (non-hydrogen) atoms. The molecule has 0 aliphatic rings. The maximum atomic E-state index is 12.1. The van der Waals surface area contributed by atoms with Crippen molar-refractivity contribution in [3.63, 3.8) is 0 Å². The molecule has 122 valence electrons. The summed E-state index contributed by atoms with van der Waals surface area (Å²) in [5.74, 6) is 1.45. The first-order valence-electron chi connectivity index (χ1n) is 7.95. The molecule has 1 atom stereocenters. The van der Waals surface area contributed by atoms with Gasteiger partial charge in [-0.15, -0.1) is 11.8 Å². The Balaban J connectivity index is 1.82. The first-order valence-corrected chi connectivity index (χ1v) is 9.11. The van der Waals surface area contributed by atoms with E-state index in [2.05, 4.69) is 68.6 Å². The number of nitrogens with one attached hydrogen (secondary N) is 1. The van der Waals surface area contributed by atoms with Gasteiger partial charge in [-0.1, -0.05) is 53.6 Å². The average Bonchev–Trinajstić information content (AvgIpc) is 2.47. The van der Waals surface area contributed by atoms with Gasteiger partial charge in [0.25, 0.3) is 0 Å². The lowest BCUT2D eigenvalue weighted by Gasteiger charge is -2.17. The van der Waals surface area contributed by atoms with Crippen LogP contribution in [-0.4, -0.2) is 11.7 Å². The van der Waals surface area contributed by atoms with Gasteiger partial charge in [0.1, 0.15) is 0 Å². The zero-order chi connectivity index (χ0) is 16.8. The molecule has 0 spiro atoms. The summed E-state index contributed by atoms with van der Waals surface area (Å²) < 4.78 is 0. The van der Waals surface area contributed by atoms with Crippen LogP contribution in [0.15, 0.2) is 42.5 Å². The molecule has 3 heteroatoms. The SMILES string of the molecule is Cc1cccc(CSCC(=O)N[C@@H](C)c2ccc(C)cc2C)c1. The highest BCUT2D eigenvalue weighted by Crippen LogP contribution is 2.19. The summed E-state index contributed by atoms with van der Waals surface area (Å²) in [5, 5.41) is 3.09. The Morgan fingerprint density at radius 2 is 1.83 bits per heavy atom. The van der Waals surface area contributed by atoms with Crippen molar-refractivity contribution in [2.75, 3.05) is 5.75 Å². The number of amides is 1. The molecule has 0 aliphatic heterocycles. The Kier molecular flexibility index (Phi) is 6.28. The van der Waals surface area contributed by atoms with Crippen LogP contribution in [0.3, 0.4) is 0 Å². The molecule has 0 fully saturated rings. The molecule has 0 saturated heterocycles. The molecule has 0 radical (unpaired) electrons. The van der Waals surface area contributed by atoms with E-state index in [-0.39, 0.29) is 11.9 Å². The van der Waals surface area contributed by atoms with Gasteiger partial charge < -0.3 is 5.32 Å². The van der Waals surface area contributed by atoms with Crippen LogP contribution in [0, 0.1) is 20.8 Å². The predicted molar refractivity (Wildman–Crippen MR) is 99.8 cm³/mol. The summed E-state index contributed by atoms with van der Waals surface area (Å²) in [6.45, 7) is 8.31. The fourth-order valence-corrected chi connectivity index (χ4v) is 3.52. The van der Waals surface area contributed by atoms with Crippen molar-refractivity contribution in [2.45, 2.75) is 39.5 Å². The smallest absolute Gasteiger partial charge is 0.230 e. The molecule has 2 nitrogen and oxygen atoms in total. The zero-order valence-electron chi connectivity index (χ0n) is 14.3. The molecule has 0 bridgehead atoms. The monoisotopic (exact) mass is 327 g/mol. The number of carbonyl (C=O) groups is 1. The largest absolute Gasteiger partial charge is 0.349 e. The highest BCUT2D eigenvalue weighted by molar-refractivity contribution is 7.99. The molecule has 0 aromatic heterocycles. The summed E-state index contributed by atoms with van der Waals surface area (Å²) in [5.41, 5.74) is 6.19. The van der Waals surface area contributed by atoms with Gasteiger partial charge in [-0.25, -0.2) is 0 Å². The Morgan fingerprint density at radius 3 is 2.52 bits per heavy atom. The molecule has 0 unspecified atom stereocenters. The van der Waals surface area contributed by atoms with Crippen LogP contribution in [0.4, 0.5) is 0 Å². The lowest BCUT2D eigenvalue weighted by molar-refractivity contribution is -0.119. The van der Waals surface area contributed by atoms with Crippen LogP contribution < -0.4 is 5.32 Å². The summed E-state index contributed by atoms with van der Waals surface area (Å²) in [7, 11) is 0. The van der Waals surface area contributed by atoms with Crippen molar-refractivity contribution in [3.8, 4) is 0 Å². The van der Waals surface area contributed by atoms with E-state index in [1.165, 1.54) is 27.8 Å². The minimum absolute atomic E-state index is 0.0441. The van der Waals surface area contributed by atoms with Crippen LogP contribution in [-0.2, 0) is 10.5 Å². The third kappa shape index (κ3) is 5.43. The zero-order valence-corrected chi connectivity index (χ0v) is 15.2. The van der Waals surface area contributed by atoms with Crippen LogP contribution >= 0.6 is 11.8 Å². The van der Waals surface area contributed by atoms with Crippen molar-refractivity contribution >= 4 is 17.7 Å². The van der Waals surface area contributed by atoms with Crippen molar-refractivity contribution in [1.82, 2.24) is 5.32 Å². The maximum absolute atomic E-state index is 12.1. The van der Waals surface area contributed by atoms with Gasteiger partial charge in [0.15, 0.2) is 0 Å². The van der Waals surface area contributed by atoms with Crippen LogP contribution in [0.25, 0.3) is 0 Å². The third-order valence-electron chi connectivity index (χ3n) is 3.85. The normalized spacial score (nSPS) is 12.0. The molecule has 0 aliphatic carbocycles. The average molecular weight is 327 g/mol. The fourth-order valence-electron chi connectivity index (χ4n) is 2.74. The second-order valence-corrected chi connectivity index (χ2v) is 7.12. The van der Waals surface area contributed by atoms with Gasteiger partial charge in [0.2, 0.25) is 5.91 Å². The molecular weight excluding hydrogens is 302 g/mol. The third-order valence-corrected chi connectivity index (χ3v) is 4.86. The first-order chi connectivity index (χ1) is 11.0. The summed E-state index contributed by atoms with van der Waals surface area (Å²) in [6, 6.07) is 14.8. The first kappa shape index (κ1) is 17.6. The summed E-state index contributed by atoms with van der Waals surface area (Å²) in [4.78, 5) is 12.1. The molecule has 2 rings (SSSR count). The van der Waals surface area contributed by atoms with Crippen molar-refractivity contribution in [3.05, 3.63) is 70.3 Å². The van der Waals surface area contributed by atoms with Crippen LogP contribution in [0.1, 0.15) is 40.8 Å². The fraction of sp³-hybridized carbons (Fsp3) is 0.350. The number of benzene rings is 2. The quantitative estimate of drug-likeness (QED) is 0.831. The van der Waals surface area contributed by atoms with E-state index in [1.807, 2.05) is 6.92 Å². The number of carbonyl (C=O) groups excluding carboxylic acids is 1. The molecule has 2 aromatic carbocycles. The topological polar surface area (TPSA) is 29.1 Å². The molecule has 1 N–H and O–H groups in total. The van der Waals surface area contributed by atoms with E-state index < -0.39 is 0 Å². The van der Waals surface area contributed by atoms with E-state index in [0.29, 0.717) is 5.75 Å². The number of hydrogen-bond donors (Lipinski definition) is 1. The minimum atomic E-state index is 0.0441. The number of thioether (sulfide) groups is 1. The maximum Gasteiger partial charge on any atom is 0.230 e. The summed E-state index contributed by atoms with van der Waals surface area (Å²) >= 11 is 1.65. The predicted octanol–water partition coefficient (Wildman–Crippen LogP) is 4.72. The highest BCUT2D eigenvalue weighted by atomic mass is 32.2. The van der Waals surface area contributed by atoms with Crippen LogP contribution in [0.5, 0.6) is 0 Å². The van der Waals surface area contributed by atoms with Gasteiger partial charge in [-0.3, -0.25) is 4.79 Å². The van der Waals surface area contributed by atoms with E-state index in [4.69, 9.17) is 0 Å². The number of rotatable bonds is 6. The van der Waals surface area contributed by atoms with E-state index in [1.54, 1.807) is 11.8 Å². The molecule has 0 saturated carbocycles. The van der Waals surface area contributed by atoms with E-state index >= 15 is 0 Å². The number of aryl methyl sites for hydroxylation is 3. The van der Waals surface area contributed by atoms with Gasteiger partial charge in [0.05, 0.1) is 11.8 Å². The van der Waals surface area contributed by atoms with Crippen molar-refractivity contribution in [2.24, 2.45) is 0 Å². The number of hydrogen-bond acceptors (Lipinski definition) is 2.